The second kappa shape index (κ2) is 6.33. The molecule has 17 heavy (non-hydrogen) atoms. The summed E-state index contributed by atoms with van der Waals surface area (Å²) >= 11 is 1.55. The van der Waals surface area contributed by atoms with E-state index >= 15 is 0 Å². The predicted octanol–water partition coefficient (Wildman–Crippen LogP) is 0.998. The Morgan fingerprint density at radius 2 is 2.41 bits per heavy atom. The van der Waals surface area contributed by atoms with E-state index in [4.69, 9.17) is 5.26 Å². The number of hydrogen-bond acceptors (Lipinski definition) is 5. The Morgan fingerprint density at radius 3 is 3.00 bits per heavy atom. The molecule has 0 radical (unpaired) electrons. The summed E-state index contributed by atoms with van der Waals surface area (Å²) in [5.74, 6) is -0.107. The molecule has 0 saturated heterocycles. The Labute approximate surface area is 105 Å². The minimum absolute atomic E-state index is 0.107. The van der Waals surface area contributed by atoms with Crippen LogP contribution in [0.15, 0.2) is 11.6 Å². The van der Waals surface area contributed by atoms with Crippen LogP contribution in [0.2, 0.25) is 0 Å². The lowest BCUT2D eigenvalue weighted by Crippen LogP contribution is -2.43. The van der Waals surface area contributed by atoms with Crippen LogP contribution in [-0.2, 0) is 10.3 Å². The van der Waals surface area contributed by atoms with Crippen LogP contribution in [-0.4, -0.2) is 24.0 Å². The summed E-state index contributed by atoms with van der Waals surface area (Å²) in [5.41, 5.74) is -0.319. The average Bonchev–Trinajstić information content (AvgIpc) is 2.81. The van der Waals surface area contributed by atoms with E-state index in [0.717, 1.165) is 5.01 Å². The van der Waals surface area contributed by atoms with Gasteiger partial charge in [0.1, 0.15) is 5.01 Å². The number of nitriles is 1. The van der Waals surface area contributed by atoms with Gasteiger partial charge < -0.3 is 5.32 Å². The lowest BCUT2D eigenvalue weighted by Gasteiger charge is -2.23. The zero-order valence-electron chi connectivity index (χ0n) is 9.99. The van der Waals surface area contributed by atoms with Crippen LogP contribution in [0.1, 0.15) is 25.3 Å². The summed E-state index contributed by atoms with van der Waals surface area (Å²) in [6.07, 6.45) is 2.08. The molecule has 0 aromatic carbocycles. The highest BCUT2D eigenvalue weighted by atomic mass is 32.1. The third-order valence-electron chi connectivity index (χ3n) is 2.22. The number of hydrogen-bond donors (Lipinski definition) is 2. The standard InChI is InChI=1S/C11H16N4OS/c1-11(2,10-14-6-7-17-10)15-8-9(16)13-5-3-4-12/h6-7,15H,3,5,8H2,1-2H3,(H,13,16). The first-order chi connectivity index (χ1) is 8.06. The van der Waals surface area contributed by atoms with Crippen molar-refractivity contribution in [2.45, 2.75) is 25.8 Å². The third-order valence-corrected chi connectivity index (χ3v) is 3.31. The second-order valence-corrected chi connectivity index (χ2v) is 4.97. The lowest BCUT2D eigenvalue weighted by molar-refractivity contribution is -0.120. The van der Waals surface area contributed by atoms with E-state index in [2.05, 4.69) is 15.6 Å². The first-order valence-corrected chi connectivity index (χ1v) is 6.23. The number of carbonyl (C=O) groups is 1. The van der Waals surface area contributed by atoms with Gasteiger partial charge in [-0.15, -0.1) is 11.3 Å². The average molecular weight is 252 g/mol. The van der Waals surface area contributed by atoms with Gasteiger partial charge in [0.05, 0.1) is 24.6 Å². The van der Waals surface area contributed by atoms with E-state index in [1.54, 1.807) is 17.5 Å². The van der Waals surface area contributed by atoms with Crippen molar-refractivity contribution in [2.24, 2.45) is 0 Å². The van der Waals surface area contributed by atoms with Crippen molar-refractivity contribution in [3.8, 4) is 6.07 Å². The fourth-order valence-electron chi connectivity index (χ4n) is 1.23. The van der Waals surface area contributed by atoms with Crippen LogP contribution < -0.4 is 10.6 Å². The van der Waals surface area contributed by atoms with Crippen molar-refractivity contribution in [2.75, 3.05) is 13.1 Å². The van der Waals surface area contributed by atoms with Gasteiger partial charge in [-0.2, -0.15) is 5.26 Å². The lowest BCUT2D eigenvalue weighted by atomic mass is 10.1. The molecular weight excluding hydrogens is 236 g/mol. The Hall–Kier alpha value is -1.45. The molecule has 0 spiro atoms. The normalized spacial score (nSPS) is 10.9. The number of aromatic nitrogens is 1. The van der Waals surface area contributed by atoms with Gasteiger partial charge in [0.25, 0.3) is 0 Å². The Kier molecular flexibility index (Phi) is 5.07. The molecule has 1 amide bonds. The van der Waals surface area contributed by atoms with Gasteiger partial charge >= 0.3 is 0 Å². The number of carbonyl (C=O) groups excluding carboxylic acids is 1. The van der Waals surface area contributed by atoms with Gasteiger partial charge in [0.15, 0.2) is 0 Å². The monoisotopic (exact) mass is 252 g/mol. The Bertz CT molecular complexity index is 394. The largest absolute Gasteiger partial charge is 0.354 e. The molecule has 0 aliphatic carbocycles. The maximum absolute atomic E-state index is 11.4. The molecule has 1 rings (SSSR count). The number of thiazole rings is 1. The van der Waals surface area contributed by atoms with Gasteiger partial charge in [-0.3, -0.25) is 10.1 Å². The summed E-state index contributed by atoms with van der Waals surface area (Å²) in [6.45, 7) is 4.58. The van der Waals surface area contributed by atoms with Crippen LogP contribution in [0.3, 0.4) is 0 Å². The molecule has 0 atom stereocenters. The summed E-state index contributed by atoms with van der Waals surface area (Å²) < 4.78 is 0. The zero-order chi connectivity index (χ0) is 12.7. The van der Waals surface area contributed by atoms with Crippen LogP contribution in [0.5, 0.6) is 0 Å². The molecule has 0 aliphatic heterocycles. The maximum atomic E-state index is 11.4. The Balaban J connectivity index is 2.35. The number of amides is 1. The third kappa shape index (κ3) is 4.51. The van der Waals surface area contributed by atoms with Gasteiger partial charge in [-0.25, -0.2) is 4.98 Å². The number of nitrogens with zero attached hydrogens (tertiary/aromatic N) is 2. The number of rotatable bonds is 6. The van der Waals surface area contributed by atoms with Gasteiger partial charge in [-0.1, -0.05) is 0 Å². The summed E-state index contributed by atoms with van der Waals surface area (Å²) in [4.78, 5) is 15.7. The topological polar surface area (TPSA) is 77.8 Å². The molecule has 0 fully saturated rings. The minimum Gasteiger partial charge on any atom is -0.354 e. The molecule has 0 unspecified atom stereocenters. The molecule has 0 bridgehead atoms. The first kappa shape index (κ1) is 13.6. The van der Waals surface area contributed by atoms with Gasteiger partial charge in [-0.05, 0) is 13.8 Å². The van der Waals surface area contributed by atoms with E-state index < -0.39 is 0 Å². The molecule has 2 N–H and O–H groups in total. The van der Waals surface area contributed by atoms with Crippen LogP contribution >= 0.6 is 11.3 Å². The van der Waals surface area contributed by atoms with E-state index in [1.807, 2.05) is 25.3 Å². The van der Waals surface area contributed by atoms with E-state index in [1.165, 1.54) is 0 Å². The molecule has 6 heteroatoms. The van der Waals surface area contributed by atoms with Gasteiger partial charge in [0.2, 0.25) is 5.91 Å². The van der Waals surface area contributed by atoms with Crippen LogP contribution in [0, 0.1) is 11.3 Å². The fraction of sp³-hybridized carbons (Fsp3) is 0.545. The first-order valence-electron chi connectivity index (χ1n) is 5.35. The molecule has 1 aromatic heterocycles. The molecule has 0 aliphatic rings. The highest BCUT2D eigenvalue weighted by molar-refractivity contribution is 7.09. The fourth-order valence-corrected chi connectivity index (χ4v) is 1.97. The molecular formula is C11H16N4OS. The smallest absolute Gasteiger partial charge is 0.234 e. The van der Waals surface area contributed by atoms with Crippen molar-refractivity contribution < 1.29 is 4.79 Å². The molecule has 5 nitrogen and oxygen atoms in total. The number of nitrogens with one attached hydrogen (secondary N) is 2. The van der Waals surface area contributed by atoms with Gasteiger partial charge in [0, 0.05) is 18.1 Å². The highest BCUT2D eigenvalue weighted by Crippen LogP contribution is 2.21. The van der Waals surface area contributed by atoms with E-state index in [0.29, 0.717) is 13.0 Å². The Morgan fingerprint density at radius 1 is 1.65 bits per heavy atom. The van der Waals surface area contributed by atoms with E-state index in [9.17, 15) is 4.79 Å². The highest BCUT2D eigenvalue weighted by Gasteiger charge is 2.23. The zero-order valence-corrected chi connectivity index (χ0v) is 10.8. The summed E-state index contributed by atoms with van der Waals surface area (Å²) in [6, 6.07) is 1.97. The molecule has 1 heterocycles. The van der Waals surface area contributed by atoms with Crippen LogP contribution in [0.4, 0.5) is 0 Å². The van der Waals surface area contributed by atoms with Crippen LogP contribution in [0.25, 0.3) is 0 Å². The second-order valence-electron chi connectivity index (χ2n) is 4.07. The van der Waals surface area contributed by atoms with Crippen molar-refractivity contribution >= 4 is 17.2 Å². The quantitative estimate of drug-likeness (QED) is 0.740. The minimum atomic E-state index is -0.319. The van der Waals surface area contributed by atoms with Crippen molar-refractivity contribution in [1.82, 2.24) is 15.6 Å². The molecule has 1 aromatic rings. The van der Waals surface area contributed by atoms with Crippen molar-refractivity contribution in [1.29, 1.82) is 5.26 Å². The summed E-state index contributed by atoms with van der Waals surface area (Å²) in [5, 5.41) is 17.0. The van der Waals surface area contributed by atoms with Crippen molar-refractivity contribution in [3.63, 3.8) is 0 Å². The van der Waals surface area contributed by atoms with Crippen molar-refractivity contribution in [3.05, 3.63) is 16.6 Å². The summed E-state index contributed by atoms with van der Waals surface area (Å²) in [7, 11) is 0. The molecule has 92 valence electrons. The predicted molar refractivity (Wildman–Crippen MR) is 66.4 cm³/mol. The maximum Gasteiger partial charge on any atom is 0.234 e. The SMILES string of the molecule is CC(C)(NCC(=O)NCCC#N)c1nccs1. The molecule has 0 saturated carbocycles. The van der Waals surface area contributed by atoms with E-state index in [-0.39, 0.29) is 18.0 Å².